The maximum Gasteiger partial charge on any atom is 0.405 e. The quantitative estimate of drug-likeness (QED) is 0.0697. The highest BCUT2D eigenvalue weighted by Crippen LogP contribution is 2.50. The van der Waals surface area contributed by atoms with Crippen LogP contribution in [-0.2, 0) is 4.79 Å². The lowest BCUT2D eigenvalue weighted by Crippen LogP contribution is -2.60. The number of hydrogen-bond acceptors (Lipinski definition) is 8. The molecular weight excluding hydrogens is 678 g/mol. The van der Waals surface area contributed by atoms with E-state index in [9.17, 15) is 20.0 Å². The van der Waals surface area contributed by atoms with Gasteiger partial charge in [-0.15, -0.1) is 0 Å². The molecule has 0 spiro atoms. The normalized spacial score (nSPS) is 15.8. The molecule has 2 aliphatic rings. The Morgan fingerprint density at radius 1 is 1.04 bits per heavy atom. The van der Waals surface area contributed by atoms with Crippen LogP contribution in [0.5, 0.6) is 17.2 Å². The van der Waals surface area contributed by atoms with Crippen molar-refractivity contribution < 1.29 is 28.9 Å². The van der Waals surface area contributed by atoms with Gasteiger partial charge in [-0.3, -0.25) is 4.79 Å². The lowest BCUT2D eigenvalue weighted by molar-refractivity contribution is -0.124. The zero-order valence-electron chi connectivity index (χ0n) is 26.3. The largest absolute Gasteiger partial charge is 0.493 e. The average molecular weight is 711 g/mol. The van der Waals surface area contributed by atoms with Crippen molar-refractivity contribution in [1.29, 1.82) is 5.26 Å². The van der Waals surface area contributed by atoms with Crippen molar-refractivity contribution in [3.8, 4) is 34.4 Å². The fourth-order valence-corrected chi connectivity index (χ4v) is 7.40. The second-order valence-corrected chi connectivity index (χ2v) is 12.6. The van der Waals surface area contributed by atoms with Crippen molar-refractivity contribution in [2.24, 2.45) is 5.84 Å². The highest BCUT2D eigenvalue weighted by Gasteiger charge is 2.44. The van der Waals surface area contributed by atoms with Crippen molar-refractivity contribution in [3.63, 3.8) is 0 Å². The molecule has 1 aliphatic heterocycles. The molecule has 1 aliphatic carbocycles. The summed E-state index contributed by atoms with van der Waals surface area (Å²) in [7, 11) is 3.04. The highest BCUT2D eigenvalue weighted by atomic mass is 79.9. The summed E-state index contributed by atoms with van der Waals surface area (Å²) in [5.74, 6) is 6.04. The van der Waals surface area contributed by atoms with Crippen molar-refractivity contribution in [3.05, 3.63) is 111 Å². The predicted molar refractivity (Wildman–Crippen MR) is 184 cm³/mol. The fourth-order valence-electron chi connectivity index (χ4n) is 6.78. The number of amides is 2. The number of nitrogens with two attached hydrogens (primary N) is 2. The van der Waals surface area contributed by atoms with E-state index in [-0.39, 0.29) is 29.5 Å². The van der Waals surface area contributed by atoms with Gasteiger partial charge >= 0.3 is 6.09 Å². The van der Waals surface area contributed by atoms with E-state index in [4.69, 9.17) is 25.8 Å². The van der Waals surface area contributed by atoms with Crippen LogP contribution in [0.1, 0.15) is 47.4 Å². The highest BCUT2D eigenvalue weighted by molar-refractivity contribution is 9.10. The van der Waals surface area contributed by atoms with Gasteiger partial charge in [-0.05, 0) is 75.3 Å². The van der Waals surface area contributed by atoms with Gasteiger partial charge in [0.15, 0.2) is 17.2 Å². The van der Waals surface area contributed by atoms with Gasteiger partial charge in [0.05, 0.1) is 41.9 Å². The number of allylic oxidation sites excluding steroid dienone is 1. The van der Waals surface area contributed by atoms with E-state index in [1.165, 1.54) is 27.4 Å². The molecule has 4 aromatic rings. The van der Waals surface area contributed by atoms with Crippen LogP contribution in [0.3, 0.4) is 0 Å². The number of nitrogens with zero attached hydrogens (tertiary/aromatic N) is 2. The monoisotopic (exact) mass is 709 g/mol. The van der Waals surface area contributed by atoms with E-state index >= 15 is 0 Å². The Balaban J connectivity index is 1.38. The fraction of sp³-hybridized carbons (Fsp3) is 0.194. The van der Waals surface area contributed by atoms with Crippen molar-refractivity contribution in [2.45, 2.75) is 30.7 Å². The summed E-state index contributed by atoms with van der Waals surface area (Å²) >= 11 is 3.52. The Morgan fingerprint density at radius 3 is 2.27 bits per heavy atom. The van der Waals surface area contributed by atoms with Gasteiger partial charge in [-0.25, -0.2) is 15.6 Å². The van der Waals surface area contributed by atoms with Crippen LogP contribution >= 0.6 is 15.9 Å². The Labute approximate surface area is 285 Å². The van der Waals surface area contributed by atoms with Gasteiger partial charge < -0.3 is 30.4 Å². The molecule has 2 atom stereocenters. The van der Waals surface area contributed by atoms with Gasteiger partial charge in [-0.1, -0.05) is 54.6 Å². The molecule has 244 valence electrons. The number of nitrogens with one attached hydrogen (secondary N) is 1. The second-order valence-electron chi connectivity index (χ2n) is 11.8. The van der Waals surface area contributed by atoms with Crippen molar-refractivity contribution in [1.82, 2.24) is 5.32 Å². The minimum absolute atomic E-state index is 0.0374. The van der Waals surface area contributed by atoms with E-state index in [0.29, 0.717) is 32.7 Å². The number of carboxylic acid groups (broad SMARTS) is 1. The minimum atomic E-state index is -1.67. The van der Waals surface area contributed by atoms with E-state index in [1.807, 2.05) is 54.6 Å². The van der Waals surface area contributed by atoms with Crippen LogP contribution in [0.4, 0.5) is 16.2 Å². The molecule has 6 N–H and O–H groups in total. The third kappa shape index (κ3) is 5.36. The zero-order chi connectivity index (χ0) is 34.3. The zero-order valence-corrected chi connectivity index (χ0v) is 27.9. The van der Waals surface area contributed by atoms with Crippen LogP contribution in [0.2, 0.25) is 0 Å². The van der Waals surface area contributed by atoms with Crippen LogP contribution in [0.15, 0.2) is 89.1 Å². The first kappa shape index (κ1) is 32.4. The summed E-state index contributed by atoms with van der Waals surface area (Å²) < 4.78 is 17.5. The van der Waals surface area contributed by atoms with Crippen LogP contribution in [0.25, 0.3) is 11.1 Å². The number of ether oxygens (including phenoxy) is 3. The van der Waals surface area contributed by atoms with Gasteiger partial charge in [0.25, 0.3) is 5.91 Å². The number of methoxy groups -OCH3 is 2. The number of benzene rings is 4. The molecule has 0 saturated carbocycles. The van der Waals surface area contributed by atoms with Gasteiger partial charge in [-0.2, -0.15) is 5.26 Å². The maximum absolute atomic E-state index is 14.3. The number of hydrogen-bond donors (Lipinski definition) is 4. The molecule has 4 aromatic carbocycles. The molecule has 6 rings (SSSR count). The Kier molecular flexibility index (Phi) is 8.51. The number of carbonyl (C=O) groups is 2. The topological polar surface area (TPSA) is 173 Å². The molecule has 0 saturated heterocycles. The van der Waals surface area contributed by atoms with Crippen LogP contribution < -0.4 is 36.1 Å². The Bertz CT molecular complexity index is 2000. The Morgan fingerprint density at radius 2 is 1.69 bits per heavy atom. The number of nitriles is 1. The lowest BCUT2D eigenvalue weighted by atomic mass is 9.82. The van der Waals surface area contributed by atoms with E-state index < -0.39 is 23.5 Å². The Hall–Kier alpha value is -5.51. The summed E-state index contributed by atoms with van der Waals surface area (Å²) in [4.78, 5) is 26.4. The third-order valence-corrected chi connectivity index (χ3v) is 9.54. The molecular formula is C36H32BrN5O6. The summed E-state index contributed by atoms with van der Waals surface area (Å²) in [6.45, 7) is 1.52. The molecule has 0 fully saturated rings. The summed E-state index contributed by atoms with van der Waals surface area (Å²) in [5.41, 5.74) is 10.7. The number of hydrazine groups is 1. The van der Waals surface area contributed by atoms with E-state index in [2.05, 4.69) is 27.3 Å². The molecule has 48 heavy (non-hydrogen) atoms. The molecule has 0 aromatic heterocycles. The van der Waals surface area contributed by atoms with Crippen molar-refractivity contribution in [2.75, 3.05) is 25.0 Å². The molecule has 1 heterocycles. The summed E-state index contributed by atoms with van der Waals surface area (Å²) in [5, 5.41) is 23.2. The van der Waals surface area contributed by atoms with Gasteiger partial charge in [0.1, 0.15) is 17.5 Å². The summed E-state index contributed by atoms with van der Waals surface area (Å²) in [6.07, 6.45) is 0.0238. The van der Waals surface area contributed by atoms with Crippen LogP contribution in [-0.4, -0.2) is 36.9 Å². The summed E-state index contributed by atoms with van der Waals surface area (Å²) in [6, 6.07) is 24.8. The maximum atomic E-state index is 14.3. The number of anilines is 2. The predicted octanol–water partition coefficient (Wildman–Crippen LogP) is 6.42. The average Bonchev–Trinajstić information content (AvgIpc) is 3.39. The molecule has 0 radical (unpaired) electrons. The van der Waals surface area contributed by atoms with Crippen molar-refractivity contribution >= 4 is 39.3 Å². The lowest BCUT2D eigenvalue weighted by Gasteiger charge is -2.35. The number of fused-ring (bicyclic) bond motifs is 4. The van der Waals surface area contributed by atoms with Crippen LogP contribution in [0, 0.1) is 11.3 Å². The molecule has 11 nitrogen and oxygen atoms in total. The molecule has 2 unspecified atom stereocenters. The second kappa shape index (κ2) is 12.6. The van der Waals surface area contributed by atoms with E-state index in [1.54, 1.807) is 18.2 Å². The number of nitrogen functional groups attached to an aromatic ring is 1. The standard InChI is InChI=1S/C36H32BrN5O6/c1-36(41-35(44)45,16-26-23-10-6-4-8-21(23)22-9-5-7-11-24(22)26)34(43)42(40)28-13-12-25-30(20(17-38)18-48-32(25)31(28)39)19-14-27(37)33(47-3)29(15-19)46-2/h4-15,18,26,30,41H,16,39-40H2,1-3H3,(H,44,45). The molecule has 0 bridgehead atoms. The first-order chi connectivity index (χ1) is 23.0. The smallest absolute Gasteiger partial charge is 0.405 e. The van der Waals surface area contributed by atoms with Gasteiger partial charge in [0, 0.05) is 11.5 Å². The first-order valence-corrected chi connectivity index (χ1v) is 15.7. The number of carbonyl (C=O) groups excluding carboxylic acids is 1. The number of halogens is 1. The SMILES string of the molecule is COc1cc(C2C(C#N)=COc3c2ccc(N(N)C(=O)C(C)(CC2c4ccccc4-c4ccccc42)NC(=O)O)c3N)cc(Br)c1OC. The van der Waals surface area contributed by atoms with Gasteiger partial charge in [0.2, 0.25) is 0 Å². The molecule has 12 heteroatoms. The van der Waals surface area contributed by atoms with E-state index in [0.717, 1.165) is 27.3 Å². The molecule has 2 amide bonds. The number of rotatable bonds is 8. The third-order valence-electron chi connectivity index (χ3n) is 8.96. The minimum Gasteiger partial charge on any atom is -0.493 e. The first-order valence-electron chi connectivity index (χ1n) is 14.9.